The molecule has 0 spiro atoms. The number of nitrogens with two attached hydrogens (primary N) is 1. The molecule has 1 heterocycles. The Morgan fingerprint density at radius 2 is 2.00 bits per heavy atom. The van der Waals surface area contributed by atoms with Gasteiger partial charge in [-0.1, -0.05) is 31.4 Å². The van der Waals surface area contributed by atoms with Crippen LogP contribution in [0.25, 0.3) is 0 Å². The predicted octanol–water partition coefficient (Wildman–Crippen LogP) is 2.08. The summed E-state index contributed by atoms with van der Waals surface area (Å²) in [5.74, 6) is 0.320. The minimum atomic E-state index is -4.12. The number of fused-ring (bicyclic) bond motifs is 1. The first kappa shape index (κ1) is 17.2. The van der Waals surface area contributed by atoms with Gasteiger partial charge in [0.15, 0.2) is 0 Å². The maximum atomic E-state index is 12.2. The molecular weight excluding hydrogens is 350 g/mol. The smallest absolute Gasteiger partial charge is 0.286 e. The largest absolute Gasteiger partial charge is 0.342 e. The molecule has 10 heteroatoms. The number of anilines is 1. The molecule has 1 aromatic carbocycles. The van der Waals surface area contributed by atoms with Crippen LogP contribution in [0.5, 0.6) is 0 Å². The van der Waals surface area contributed by atoms with Crippen molar-refractivity contribution in [2.45, 2.75) is 42.4 Å². The van der Waals surface area contributed by atoms with Gasteiger partial charge in [-0.25, -0.2) is 13.6 Å². The molecule has 0 aromatic heterocycles. The zero-order chi connectivity index (χ0) is 16.5. The van der Waals surface area contributed by atoms with Crippen molar-refractivity contribution in [3.8, 4) is 0 Å². The molecular formula is C12H16ClN3O4S2. The van der Waals surface area contributed by atoms with Crippen molar-refractivity contribution in [2.75, 3.05) is 5.32 Å². The van der Waals surface area contributed by atoms with Gasteiger partial charge >= 0.3 is 0 Å². The van der Waals surface area contributed by atoms with E-state index in [9.17, 15) is 16.8 Å². The maximum absolute atomic E-state index is 12.2. The van der Waals surface area contributed by atoms with E-state index in [0.29, 0.717) is 12.3 Å². The summed E-state index contributed by atoms with van der Waals surface area (Å²) < 4.78 is 50.9. The van der Waals surface area contributed by atoms with E-state index in [1.54, 1.807) is 0 Å². The Balaban J connectivity index is 2.46. The molecule has 3 N–H and O–H groups in total. The van der Waals surface area contributed by atoms with Crippen LogP contribution in [0.15, 0.2) is 26.3 Å². The van der Waals surface area contributed by atoms with Crippen molar-refractivity contribution >= 4 is 43.2 Å². The van der Waals surface area contributed by atoms with E-state index in [1.807, 2.05) is 6.92 Å². The van der Waals surface area contributed by atoms with Crippen LogP contribution in [0.4, 0.5) is 5.69 Å². The standard InChI is InChI=1S/C12H16ClN3O4S2/c1-2-3-4-5-12-15-9-6-8(13)10(21(14,17)18)7-11(9)22(19,20)16-12/h6-7H,2-5H2,1H3,(H,15,16)(H2,14,17,18). The van der Waals surface area contributed by atoms with Gasteiger partial charge in [0.1, 0.15) is 15.6 Å². The number of hydrogen-bond acceptors (Lipinski definition) is 5. The van der Waals surface area contributed by atoms with E-state index in [-0.39, 0.29) is 15.6 Å². The summed E-state index contributed by atoms with van der Waals surface area (Å²) in [6.07, 6.45) is 3.25. The van der Waals surface area contributed by atoms with Gasteiger partial charge in [-0.15, -0.1) is 4.40 Å². The fourth-order valence-corrected chi connectivity index (χ4v) is 4.44. The molecule has 122 valence electrons. The zero-order valence-corrected chi connectivity index (χ0v) is 14.2. The molecule has 1 aromatic rings. The van der Waals surface area contributed by atoms with Crippen molar-refractivity contribution in [2.24, 2.45) is 9.54 Å². The fraction of sp³-hybridized carbons (Fsp3) is 0.417. The first-order chi connectivity index (χ1) is 10.1. The topological polar surface area (TPSA) is 119 Å². The number of rotatable bonds is 5. The minimum absolute atomic E-state index is 0.140. The number of halogens is 1. The Bertz CT molecular complexity index is 832. The predicted molar refractivity (Wildman–Crippen MR) is 85.2 cm³/mol. The monoisotopic (exact) mass is 365 g/mol. The third-order valence-corrected chi connectivity index (χ3v) is 5.87. The van der Waals surface area contributed by atoms with Crippen molar-refractivity contribution in [3.05, 3.63) is 17.2 Å². The van der Waals surface area contributed by atoms with Crippen LogP contribution in [-0.4, -0.2) is 22.7 Å². The van der Waals surface area contributed by atoms with Gasteiger partial charge in [-0.2, -0.15) is 8.42 Å². The number of unbranched alkanes of at least 4 members (excludes halogenated alkanes) is 2. The quantitative estimate of drug-likeness (QED) is 0.774. The van der Waals surface area contributed by atoms with Gasteiger partial charge in [-0.05, 0) is 18.6 Å². The molecule has 22 heavy (non-hydrogen) atoms. The summed E-state index contributed by atoms with van der Waals surface area (Å²) in [5.41, 5.74) is 0.207. The highest BCUT2D eigenvalue weighted by atomic mass is 35.5. The average molecular weight is 366 g/mol. The second-order valence-electron chi connectivity index (χ2n) is 4.92. The minimum Gasteiger partial charge on any atom is -0.342 e. The van der Waals surface area contributed by atoms with Gasteiger partial charge in [0.2, 0.25) is 10.0 Å². The SMILES string of the molecule is CCCCCC1=NS(=O)(=O)c2cc(S(N)(=O)=O)c(Cl)cc2N1. The van der Waals surface area contributed by atoms with Crippen LogP contribution in [0, 0.1) is 0 Å². The van der Waals surface area contributed by atoms with Gasteiger partial charge in [-0.3, -0.25) is 0 Å². The van der Waals surface area contributed by atoms with E-state index < -0.39 is 24.9 Å². The van der Waals surface area contributed by atoms with E-state index in [4.69, 9.17) is 16.7 Å². The first-order valence-corrected chi connectivity index (χ1v) is 9.99. The van der Waals surface area contributed by atoms with E-state index >= 15 is 0 Å². The molecule has 0 bridgehead atoms. The molecule has 0 atom stereocenters. The molecule has 0 unspecified atom stereocenters. The number of nitrogens with zero attached hydrogens (tertiary/aromatic N) is 1. The van der Waals surface area contributed by atoms with E-state index in [1.165, 1.54) is 6.07 Å². The number of benzene rings is 1. The highest BCUT2D eigenvalue weighted by Gasteiger charge is 2.28. The van der Waals surface area contributed by atoms with Crippen molar-refractivity contribution in [1.29, 1.82) is 0 Å². The molecule has 0 radical (unpaired) electrons. The molecule has 0 fully saturated rings. The second-order valence-corrected chi connectivity index (χ2v) is 8.43. The molecule has 7 nitrogen and oxygen atoms in total. The Morgan fingerprint density at radius 3 is 2.59 bits per heavy atom. The number of hydrogen-bond donors (Lipinski definition) is 2. The van der Waals surface area contributed by atoms with Gasteiger partial charge in [0.25, 0.3) is 10.0 Å². The molecule has 1 aliphatic rings. The highest BCUT2D eigenvalue weighted by Crippen LogP contribution is 2.34. The number of amidine groups is 1. The van der Waals surface area contributed by atoms with Gasteiger partial charge in [0.05, 0.1) is 10.7 Å². The second kappa shape index (κ2) is 6.15. The highest BCUT2D eigenvalue weighted by molar-refractivity contribution is 7.91. The van der Waals surface area contributed by atoms with Crippen LogP contribution in [-0.2, 0) is 20.0 Å². The summed E-state index contributed by atoms with van der Waals surface area (Å²) in [6, 6.07) is 2.17. The molecule has 0 aliphatic carbocycles. The van der Waals surface area contributed by atoms with Crippen molar-refractivity contribution in [1.82, 2.24) is 0 Å². The summed E-state index contributed by atoms with van der Waals surface area (Å²) in [6.45, 7) is 2.04. The number of primary sulfonamides is 1. The Kier molecular flexibility index (Phi) is 4.81. The lowest BCUT2D eigenvalue weighted by molar-refractivity contribution is 0.596. The van der Waals surface area contributed by atoms with Crippen LogP contribution in [0.2, 0.25) is 5.02 Å². The van der Waals surface area contributed by atoms with E-state index in [2.05, 4.69) is 9.71 Å². The van der Waals surface area contributed by atoms with Gasteiger partial charge < -0.3 is 5.32 Å². The van der Waals surface area contributed by atoms with Crippen LogP contribution in [0.1, 0.15) is 32.6 Å². The average Bonchev–Trinajstić information content (AvgIpc) is 2.35. The molecule has 1 aliphatic heterocycles. The lowest BCUT2D eigenvalue weighted by Crippen LogP contribution is -2.22. The Hall–Kier alpha value is -1.16. The molecule has 0 saturated heterocycles. The third-order valence-electron chi connectivity index (χ3n) is 3.14. The zero-order valence-electron chi connectivity index (χ0n) is 11.8. The lowest BCUT2D eigenvalue weighted by atomic mass is 10.2. The van der Waals surface area contributed by atoms with Crippen molar-refractivity contribution in [3.63, 3.8) is 0 Å². The normalized spacial score (nSPS) is 16.6. The summed E-state index contributed by atoms with van der Waals surface area (Å²) in [4.78, 5) is -0.692. The molecule has 0 amide bonds. The number of sulfonamides is 2. The van der Waals surface area contributed by atoms with Crippen molar-refractivity contribution < 1.29 is 16.8 Å². The summed E-state index contributed by atoms with van der Waals surface area (Å²) in [7, 11) is -8.10. The van der Waals surface area contributed by atoms with Crippen LogP contribution in [0.3, 0.4) is 0 Å². The summed E-state index contributed by atoms with van der Waals surface area (Å²) in [5, 5.41) is 7.77. The molecule has 2 rings (SSSR count). The maximum Gasteiger partial charge on any atom is 0.286 e. The summed E-state index contributed by atoms with van der Waals surface area (Å²) >= 11 is 5.88. The fourth-order valence-electron chi connectivity index (χ4n) is 2.09. The number of nitrogens with one attached hydrogen (secondary N) is 1. The molecule has 0 saturated carbocycles. The van der Waals surface area contributed by atoms with Gasteiger partial charge in [0, 0.05) is 6.42 Å². The lowest BCUT2D eigenvalue weighted by Gasteiger charge is -2.19. The first-order valence-electron chi connectivity index (χ1n) is 6.62. The Labute approximate surface area is 134 Å². The third kappa shape index (κ3) is 3.60. The Morgan fingerprint density at radius 1 is 1.32 bits per heavy atom. The van der Waals surface area contributed by atoms with Crippen LogP contribution < -0.4 is 10.5 Å². The van der Waals surface area contributed by atoms with E-state index in [0.717, 1.165) is 25.3 Å². The van der Waals surface area contributed by atoms with Crippen LogP contribution >= 0.6 is 11.6 Å².